The van der Waals surface area contributed by atoms with E-state index in [0.29, 0.717) is 18.3 Å². The first-order valence-electron chi connectivity index (χ1n) is 6.50. The zero-order valence-corrected chi connectivity index (χ0v) is 11.8. The quantitative estimate of drug-likeness (QED) is 0.776. The average Bonchev–Trinajstić information content (AvgIpc) is 2.97. The predicted molar refractivity (Wildman–Crippen MR) is 71.1 cm³/mol. The van der Waals surface area contributed by atoms with E-state index in [9.17, 15) is 4.79 Å². The lowest BCUT2D eigenvalue weighted by Gasteiger charge is -2.00. The Kier molecular flexibility index (Phi) is 3.83. The molecule has 2 aromatic rings. The molecule has 0 spiro atoms. The maximum absolute atomic E-state index is 11.8. The smallest absolute Gasteiger partial charge is 0.229 e. The van der Waals surface area contributed by atoms with Crippen LogP contribution < -0.4 is 0 Å². The van der Waals surface area contributed by atoms with Crippen LogP contribution in [0.1, 0.15) is 55.7 Å². The number of rotatable bonds is 5. The molecule has 0 radical (unpaired) electrons. The standard InChI is InChI=1S/C14H19N3O2/c1-9(2)13(18)11-5-6-17(7-11)8-12-15-14(10(3)4)19-16-12/h5-7,9-10H,8H2,1-4H3. The molecule has 5 heteroatoms. The molecule has 0 atom stereocenters. The van der Waals surface area contributed by atoms with Gasteiger partial charge in [0.05, 0.1) is 6.54 Å². The van der Waals surface area contributed by atoms with Crippen LogP contribution in [0.5, 0.6) is 0 Å². The van der Waals surface area contributed by atoms with Gasteiger partial charge in [0.2, 0.25) is 5.89 Å². The van der Waals surface area contributed by atoms with Crippen LogP contribution >= 0.6 is 0 Å². The van der Waals surface area contributed by atoms with Gasteiger partial charge in [-0.2, -0.15) is 4.98 Å². The minimum atomic E-state index is 0.00793. The first kappa shape index (κ1) is 13.5. The van der Waals surface area contributed by atoms with E-state index in [4.69, 9.17) is 4.52 Å². The van der Waals surface area contributed by atoms with Crippen molar-refractivity contribution in [2.24, 2.45) is 5.92 Å². The van der Waals surface area contributed by atoms with E-state index in [-0.39, 0.29) is 17.6 Å². The number of carbonyl (C=O) groups excluding carboxylic acids is 1. The van der Waals surface area contributed by atoms with E-state index >= 15 is 0 Å². The SMILES string of the molecule is CC(C)C(=O)c1ccn(Cc2noc(C(C)C)n2)c1. The van der Waals surface area contributed by atoms with Gasteiger partial charge in [0, 0.05) is 29.8 Å². The normalized spacial score (nSPS) is 11.5. The van der Waals surface area contributed by atoms with E-state index in [1.54, 1.807) is 0 Å². The average molecular weight is 261 g/mol. The molecule has 0 saturated heterocycles. The summed E-state index contributed by atoms with van der Waals surface area (Å²) in [7, 11) is 0. The van der Waals surface area contributed by atoms with Gasteiger partial charge >= 0.3 is 0 Å². The maximum Gasteiger partial charge on any atom is 0.229 e. The van der Waals surface area contributed by atoms with E-state index in [1.165, 1.54) is 0 Å². The van der Waals surface area contributed by atoms with Gasteiger partial charge in [-0.1, -0.05) is 32.9 Å². The van der Waals surface area contributed by atoms with Gasteiger partial charge in [-0.15, -0.1) is 0 Å². The second-order valence-electron chi connectivity index (χ2n) is 5.30. The number of nitrogens with zero attached hydrogens (tertiary/aromatic N) is 3. The summed E-state index contributed by atoms with van der Waals surface area (Å²) < 4.78 is 7.04. The maximum atomic E-state index is 11.8. The van der Waals surface area contributed by atoms with Crippen molar-refractivity contribution >= 4 is 5.78 Å². The molecule has 19 heavy (non-hydrogen) atoms. The summed E-state index contributed by atoms with van der Waals surface area (Å²) in [6.07, 6.45) is 3.69. The van der Waals surface area contributed by atoms with Crippen LogP contribution in [0.25, 0.3) is 0 Å². The third-order valence-corrected chi connectivity index (χ3v) is 2.86. The van der Waals surface area contributed by atoms with Crippen LogP contribution in [-0.2, 0) is 6.54 Å². The Balaban J connectivity index is 2.09. The molecular weight excluding hydrogens is 242 g/mol. The Morgan fingerprint density at radius 3 is 2.68 bits per heavy atom. The summed E-state index contributed by atoms with van der Waals surface area (Å²) in [5.41, 5.74) is 0.725. The highest BCUT2D eigenvalue weighted by Crippen LogP contribution is 2.13. The van der Waals surface area contributed by atoms with E-state index < -0.39 is 0 Å². The van der Waals surface area contributed by atoms with Crippen LogP contribution in [0, 0.1) is 5.92 Å². The van der Waals surface area contributed by atoms with Gasteiger partial charge in [0.25, 0.3) is 0 Å². The molecule has 0 saturated carbocycles. The number of ketones is 1. The molecule has 0 N–H and O–H groups in total. The summed E-state index contributed by atoms with van der Waals surface area (Å²) in [4.78, 5) is 16.2. The lowest BCUT2D eigenvalue weighted by Crippen LogP contribution is -2.06. The van der Waals surface area contributed by atoms with E-state index in [1.807, 2.05) is 50.7 Å². The molecule has 0 unspecified atom stereocenters. The molecule has 0 amide bonds. The van der Waals surface area contributed by atoms with Gasteiger partial charge < -0.3 is 9.09 Å². The monoisotopic (exact) mass is 261 g/mol. The van der Waals surface area contributed by atoms with Crippen molar-refractivity contribution in [3.63, 3.8) is 0 Å². The second-order valence-corrected chi connectivity index (χ2v) is 5.30. The summed E-state index contributed by atoms with van der Waals surface area (Å²) in [6.45, 7) is 8.32. The van der Waals surface area contributed by atoms with Crippen LogP contribution in [0.2, 0.25) is 0 Å². The molecule has 2 heterocycles. The van der Waals surface area contributed by atoms with Crippen molar-refractivity contribution in [2.75, 3.05) is 0 Å². The van der Waals surface area contributed by atoms with Crippen LogP contribution in [0.4, 0.5) is 0 Å². The van der Waals surface area contributed by atoms with Gasteiger partial charge in [-0.05, 0) is 6.07 Å². The molecule has 102 valence electrons. The summed E-state index contributed by atoms with van der Waals surface area (Å²) >= 11 is 0. The van der Waals surface area contributed by atoms with Crippen LogP contribution in [0.15, 0.2) is 23.0 Å². The number of carbonyl (C=O) groups is 1. The van der Waals surface area contributed by atoms with Crippen LogP contribution in [0.3, 0.4) is 0 Å². The minimum absolute atomic E-state index is 0.00793. The Hall–Kier alpha value is -1.91. The highest BCUT2D eigenvalue weighted by molar-refractivity contribution is 5.97. The largest absolute Gasteiger partial charge is 0.346 e. The van der Waals surface area contributed by atoms with Crippen LogP contribution in [-0.4, -0.2) is 20.5 Å². The molecule has 0 aliphatic rings. The third kappa shape index (κ3) is 3.10. The van der Waals surface area contributed by atoms with Crippen molar-refractivity contribution in [1.29, 1.82) is 0 Å². The Labute approximate surface area is 112 Å². The first-order chi connectivity index (χ1) is 8.97. The number of aromatic nitrogens is 3. The lowest BCUT2D eigenvalue weighted by atomic mass is 10.0. The minimum Gasteiger partial charge on any atom is -0.346 e. The topological polar surface area (TPSA) is 60.9 Å². The predicted octanol–water partition coefficient (Wildman–Crippen LogP) is 2.88. The fourth-order valence-electron chi connectivity index (χ4n) is 1.75. The zero-order chi connectivity index (χ0) is 14.0. The third-order valence-electron chi connectivity index (χ3n) is 2.86. The Morgan fingerprint density at radius 1 is 1.37 bits per heavy atom. The Bertz CT molecular complexity index is 567. The van der Waals surface area contributed by atoms with Crippen molar-refractivity contribution in [2.45, 2.75) is 40.2 Å². The fraction of sp³-hybridized carbons (Fsp3) is 0.500. The van der Waals surface area contributed by atoms with E-state index in [0.717, 1.165) is 5.56 Å². The van der Waals surface area contributed by atoms with Crippen molar-refractivity contribution in [3.05, 3.63) is 35.7 Å². The summed E-state index contributed by atoms with van der Waals surface area (Å²) in [5.74, 6) is 1.65. The number of Topliss-reactive ketones (excluding diaryl/α,β-unsaturated/α-hetero) is 1. The van der Waals surface area contributed by atoms with E-state index in [2.05, 4.69) is 10.1 Å². The fourth-order valence-corrected chi connectivity index (χ4v) is 1.75. The summed E-state index contributed by atoms with van der Waals surface area (Å²) in [5, 5.41) is 3.93. The van der Waals surface area contributed by atoms with Gasteiger partial charge in [-0.25, -0.2) is 0 Å². The molecule has 0 aliphatic heterocycles. The lowest BCUT2D eigenvalue weighted by molar-refractivity contribution is 0.0939. The molecule has 2 aromatic heterocycles. The molecule has 0 aliphatic carbocycles. The molecule has 0 aromatic carbocycles. The van der Waals surface area contributed by atoms with Crippen molar-refractivity contribution in [1.82, 2.24) is 14.7 Å². The molecular formula is C14H19N3O2. The van der Waals surface area contributed by atoms with Gasteiger partial charge in [0.1, 0.15) is 0 Å². The number of hydrogen-bond donors (Lipinski definition) is 0. The Morgan fingerprint density at radius 2 is 2.11 bits per heavy atom. The van der Waals surface area contributed by atoms with Gasteiger partial charge in [0.15, 0.2) is 11.6 Å². The van der Waals surface area contributed by atoms with Crippen molar-refractivity contribution in [3.8, 4) is 0 Å². The highest BCUT2D eigenvalue weighted by atomic mass is 16.5. The molecule has 0 fully saturated rings. The van der Waals surface area contributed by atoms with Crippen molar-refractivity contribution < 1.29 is 9.32 Å². The number of hydrogen-bond acceptors (Lipinski definition) is 4. The zero-order valence-electron chi connectivity index (χ0n) is 11.8. The molecule has 0 bridgehead atoms. The molecule has 5 nitrogen and oxygen atoms in total. The first-order valence-corrected chi connectivity index (χ1v) is 6.50. The second kappa shape index (κ2) is 5.38. The van der Waals surface area contributed by atoms with Gasteiger partial charge in [-0.3, -0.25) is 4.79 Å². The molecule has 2 rings (SSSR count). The summed E-state index contributed by atoms with van der Waals surface area (Å²) in [6, 6.07) is 1.83. The highest BCUT2D eigenvalue weighted by Gasteiger charge is 2.13.